The molecule has 2 saturated heterocycles. The SMILES string of the molecule is O=C(N1CCC(Cc2ccc(S(=O)(=O)N3CCCC3)cc2)CC1)C(F)(F)F. The van der Waals surface area contributed by atoms with Crippen LogP contribution >= 0.6 is 0 Å². The molecule has 0 radical (unpaired) electrons. The number of carbonyl (C=O) groups is 1. The van der Waals surface area contributed by atoms with Gasteiger partial charge in [0.2, 0.25) is 10.0 Å². The molecule has 0 saturated carbocycles. The minimum Gasteiger partial charge on any atom is -0.335 e. The lowest BCUT2D eigenvalue weighted by atomic mass is 9.90. The van der Waals surface area contributed by atoms with Gasteiger partial charge in [-0.2, -0.15) is 17.5 Å². The van der Waals surface area contributed by atoms with Gasteiger partial charge in [0.15, 0.2) is 0 Å². The third-order valence-electron chi connectivity index (χ3n) is 5.29. The van der Waals surface area contributed by atoms with Crippen molar-refractivity contribution in [2.75, 3.05) is 26.2 Å². The molecule has 0 spiro atoms. The zero-order valence-corrected chi connectivity index (χ0v) is 15.7. The van der Waals surface area contributed by atoms with Crippen LogP contribution in [0.15, 0.2) is 29.2 Å². The van der Waals surface area contributed by atoms with Gasteiger partial charge in [-0.25, -0.2) is 8.42 Å². The van der Waals surface area contributed by atoms with E-state index in [1.165, 1.54) is 4.31 Å². The Labute approximate surface area is 157 Å². The van der Waals surface area contributed by atoms with Crippen molar-refractivity contribution in [3.63, 3.8) is 0 Å². The second-order valence-corrected chi connectivity index (χ2v) is 9.13. The van der Waals surface area contributed by atoms with Gasteiger partial charge in [0, 0.05) is 26.2 Å². The van der Waals surface area contributed by atoms with Gasteiger partial charge in [-0.15, -0.1) is 0 Å². The van der Waals surface area contributed by atoms with Crippen LogP contribution < -0.4 is 0 Å². The lowest BCUT2D eigenvalue weighted by Gasteiger charge is -2.32. The van der Waals surface area contributed by atoms with Crippen LogP contribution in [0, 0.1) is 5.92 Å². The maximum absolute atomic E-state index is 12.5. The summed E-state index contributed by atoms with van der Waals surface area (Å²) in [6.07, 6.45) is -1.37. The topological polar surface area (TPSA) is 57.7 Å². The summed E-state index contributed by atoms with van der Waals surface area (Å²) < 4.78 is 64.0. The van der Waals surface area contributed by atoms with E-state index >= 15 is 0 Å². The Balaban J connectivity index is 1.56. The Kier molecular flexibility index (Phi) is 5.81. The Hall–Kier alpha value is -1.61. The molecule has 3 rings (SSSR count). The van der Waals surface area contributed by atoms with E-state index in [-0.39, 0.29) is 23.9 Å². The van der Waals surface area contributed by atoms with Gasteiger partial charge in [-0.3, -0.25) is 4.79 Å². The molecule has 2 heterocycles. The van der Waals surface area contributed by atoms with Gasteiger partial charge in [-0.05, 0) is 55.7 Å². The highest BCUT2D eigenvalue weighted by molar-refractivity contribution is 7.89. The van der Waals surface area contributed by atoms with Gasteiger partial charge >= 0.3 is 12.1 Å². The van der Waals surface area contributed by atoms with Gasteiger partial charge in [-0.1, -0.05) is 12.1 Å². The van der Waals surface area contributed by atoms with E-state index in [0.29, 0.717) is 32.4 Å². The van der Waals surface area contributed by atoms with Crippen molar-refractivity contribution in [2.45, 2.75) is 43.2 Å². The summed E-state index contributed by atoms with van der Waals surface area (Å²) in [5.74, 6) is -1.58. The fraction of sp³-hybridized carbons (Fsp3) is 0.611. The second kappa shape index (κ2) is 7.79. The molecule has 150 valence electrons. The van der Waals surface area contributed by atoms with Crippen LogP contribution in [0.25, 0.3) is 0 Å². The predicted molar refractivity (Wildman–Crippen MR) is 93.5 cm³/mol. The summed E-state index contributed by atoms with van der Waals surface area (Å²) in [5, 5.41) is 0. The van der Waals surface area contributed by atoms with E-state index < -0.39 is 22.1 Å². The molecular formula is C18H23F3N2O3S. The third kappa shape index (κ3) is 4.63. The normalized spacial score (nSPS) is 20.2. The molecule has 2 aliphatic heterocycles. The summed E-state index contributed by atoms with van der Waals surface area (Å²) in [6, 6.07) is 6.75. The standard InChI is InChI=1S/C18H23F3N2O3S/c19-18(20,21)17(24)22-11-7-15(8-12-22)13-14-3-5-16(6-4-14)27(25,26)23-9-1-2-10-23/h3-6,15H,1-2,7-13H2. The molecule has 0 bridgehead atoms. The average molecular weight is 404 g/mol. The van der Waals surface area contributed by atoms with E-state index in [0.717, 1.165) is 23.3 Å². The largest absolute Gasteiger partial charge is 0.471 e. The minimum atomic E-state index is -4.82. The Morgan fingerprint density at radius 3 is 2.07 bits per heavy atom. The monoisotopic (exact) mass is 404 g/mol. The first-order chi connectivity index (χ1) is 12.7. The zero-order valence-electron chi connectivity index (χ0n) is 14.9. The number of likely N-dealkylation sites (tertiary alicyclic amines) is 1. The van der Waals surface area contributed by atoms with Gasteiger partial charge in [0.05, 0.1) is 4.90 Å². The number of nitrogens with zero attached hydrogens (tertiary/aromatic N) is 2. The van der Waals surface area contributed by atoms with Crippen LogP contribution in [0.2, 0.25) is 0 Å². The van der Waals surface area contributed by atoms with Crippen molar-refractivity contribution in [3.8, 4) is 0 Å². The molecule has 0 unspecified atom stereocenters. The summed E-state index contributed by atoms with van der Waals surface area (Å²) in [6.45, 7) is 1.31. The Morgan fingerprint density at radius 1 is 1.00 bits per heavy atom. The highest BCUT2D eigenvalue weighted by Gasteiger charge is 2.43. The molecular weight excluding hydrogens is 381 g/mol. The van der Waals surface area contributed by atoms with Crippen LogP contribution in [-0.2, 0) is 21.2 Å². The molecule has 2 aliphatic rings. The van der Waals surface area contributed by atoms with Crippen molar-refractivity contribution in [2.24, 2.45) is 5.92 Å². The Morgan fingerprint density at radius 2 is 1.56 bits per heavy atom. The molecule has 0 atom stereocenters. The van der Waals surface area contributed by atoms with Crippen molar-refractivity contribution in [1.82, 2.24) is 9.21 Å². The maximum atomic E-state index is 12.5. The first kappa shape index (κ1) is 20.1. The number of rotatable bonds is 4. The summed E-state index contributed by atoms with van der Waals surface area (Å²) >= 11 is 0. The van der Waals surface area contributed by atoms with E-state index in [1.807, 2.05) is 0 Å². The summed E-state index contributed by atoms with van der Waals surface area (Å²) in [7, 11) is -3.44. The molecule has 9 heteroatoms. The lowest BCUT2D eigenvalue weighted by molar-refractivity contribution is -0.186. The van der Waals surface area contributed by atoms with Crippen LogP contribution in [0.5, 0.6) is 0 Å². The number of amides is 1. The van der Waals surface area contributed by atoms with Crippen LogP contribution in [0.3, 0.4) is 0 Å². The Bertz CT molecular complexity index is 764. The highest BCUT2D eigenvalue weighted by atomic mass is 32.2. The number of sulfonamides is 1. The van der Waals surface area contributed by atoms with Crippen LogP contribution in [-0.4, -0.2) is 55.9 Å². The molecule has 0 N–H and O–H groups in total. The van der Waals surface area contributed by atoms with Crippen LogP contribution in [0.1, 0.15) is 31.2 Å². The number of piperidine rings is 1. The maximum Gasteiger partial charge on any atom is 0.471 e. The van der Waals surface area contributed by atoms with Crippen molar-refractivity contribution in [3.05, 3.63) is 29.8 Å². The molecule has 1 aromatic rings. The number of carbonyl (C=O) groups excluding carboxylic acids is 1. The first-order valence-corrected chi connectivity index (χ1v) is 10.6. The van der Waals surface area contributed by atoms with Crippen molar-refractivity contribution < 1.29 is 26.4 Å². The van der Waals surface area contributed by atoms with Crippen molar-refractivity contribution in [1.29, 1.82) is 0 Å². The molecule has 1 amide bonds. The van der Waals surface area contributed by atoms with Gasteiger partial charge in [0.25, 0.3) is 0 Å². The fourth-order valence-electron chi connectivity index (χ4n) is 3.73. The third-order valence-corrected chi connectivity index (χ3v) is 7.21. The predicted octanol–water partition coefficient (Wildman–Crippen LogP) is 2.81. The smallest absolute Gasteiger partial charge is 0.335 e. The highest BCUT2D eigenvalue weighted by Crippen LogP contribution is 2.27. The molecule has 5 nitrogen and oxygen atoms in total. The van der Waals surface area contributed by atoms with E-state index in [1.54, 1.807) is 24.3 Å². The lowest BCUT2D eigenvalue weighted by Crippen LogP contribution is -2.45. The number of alkyl halides is 3. The zero-order chi connectivity index (χ0) is 19.7. The van der Waals surface area contributed by atoms with Crippen molar-refractivity contribution >= 4 is 15.9 Å². The van der Waals surface area contributed by atoms with E-state index in [2.05, 4.69) is 0 Å². The number of hydrogen-bond acceptors (Lipinski definition) is 3. The minimum absolute atomic E-state index is 0.102. The molecule has 27 heavy (non-hydrogen) atoms. The van der Waals surface area contributed by atoms with Gasteiger partial charge in [0.1, 0.15) is 0 Å². The fourth-order valence-corrected chi connectivity index (χ4v) is 5.24. The van der Waals surface area contributed by atoms with Crippen LogP contribution in [0.4, 0.5) is 13.2 Å². The number of halogens is 3. The molecule has 0 aromatic heterocycles. The molecule has 0 aliphatic carbocycles. The molecule has 2 fully saturated rings. The average Bonchev–Trinajstić information content (AvgIpc) is 3.17. The van der Waals surface area contributed by atoms with E-state index in [9.17, 15) is 26.4 Å². The summed E-state index contributed by atoms with van der Waals surface area (Å²) in [4.78, 5) is 12.4. The summed E-state index contributed by atoms with van der Waals surface area (Å²) in [5.41, 5.74) is 0.955. The van der Waals surface area contributed by atoms with Gasteiger partial charge < -0.3 is 4.90 Å². The quantitative estimate of drug-likeness (QED) is 0.776. The van der Waals surface area contributed by atoms with E-state index in [4.69, 9.17) is 0 Å². The first-order valence-electron chi connectivity index (χ1n) is 9.13. The second-order valence-electron chi connectivity index (χ2n) is 7.19. The number of benzene rings is 1. The molecule has 1 aromatic carbocycles. The number of hydrogen-bond donors (Lipinski definition) is 0.